The van der Waals surface area contributed by atoms with Crippen molar-refractivity contribution < 1.29 is 31.4 Å². The van der Waals surface area contributed by atoms with E-state index in [0.717, 1.165) is 5.56 Å². The van der Waals surface area contributed by atoms with Crippen molar-refractivity contribution in [3.63, 3.8) is 0 Å². The number of nitrogens with zero attached hydrogens (tertiary/aromatic N) is 3. The van der Waals surface area contributed by atoms with Crippen LogP contribution in [0.25, 0.3) is 0 Å². The molecule has 14 heteroatoms. The summed E-state index contributed by atoms with van der Waals surface area (Å²) in [5.74, 6) is -0.571. The SMILES string of the molecule is CC[C@H]1O[C@@H](n2cc(COCc3ccccc3[N+](=O)[O-])c(OS(=O)(=O)c3c(C(C)C)cc(C(C)C)cc3C(C)C)nc2=O)C[C@H]1O[Si](C)(C)C(C)(C)C. The van der Waals surface area contributed by atoms with Crippen molar-refractivity contribution in [2.75, 3.05) is 0 Å². The molecular formula is C39H57N3O9SSi. The number of ether oxygens (including phenoxy) is 2. The Hall–Kier alpha value is -3.43. The van der Waals surface area contributed by atoms with Gasteiger partial charge in [0.1, 0.15) is 11.1 Å². The number of nitro groups is 1. The Morgan fingerprint density at radius 1 is 1.00 bits per heavy atom. The zero-order chi connectivity index (χ0) is 39.6. The number of hydrogen-bond donors (Lipinski definition) is 0. The third-order valence-corrected chi connectivity index (χ3v) is 16.2. The van der Waals surface area contributed by atoms with E-state index in [1.54, 1.807) is 18.2 Å². The number of hydrogen-bond acceptors (Lipinski definition) is 10. The minimum Gasteiger partial charge on any atom is -0.411 e. The molecule has 0 radical (unpaired) electrons. The van der Waals surface area contributed by atoms with Crippen LogP contribution in [0.4, 0.5) is 5.69 Å². The van der Waals surface area contributed by atoms with Crippen LogP contribution in [-0.2, 0) is 37.2 Å². The topological polar surface area (TPSA) is 149 Å². The number of benzene rings is 2. The van der Waals surface area contributed by atoms with Gasteiger partial charge >= 0.3 is 15.8 Å². The van der Waals surface area contributed by atoms with Gasteiger partial charge in [0.15, 0.2) is 8.32 Å². The molecule has 0 unspecified atom stereocenters. The van der Waals surface area contributed by atoms with Crippen molar-refractivity contribution >= 4 is 24.1 Å². The lowest BCUT2D eigenvalue weighted by Crippen LogP contribution is -2.45. The molecule has 0 amide bonds. The van der Waals surface area contributed by atoms with E-state index in [1.807, 2.05) is 46.8 Å². The fourth-order valence-electron chi connectivity index (χ4n) is 6.19. The summed E-state index contributed by atoms with van der Waals surface area (Å²) in [7, 11) is -6.72. The van der Waals surface area contributed by atoms with Gasteiger partial charge in [-0.2, -0.15) is 13.4 Å². The standard InChI is InChI=1S/C39H57N3O9SSi/c1-13-33-34(51-53(11,12)39(8,9)10)20-35(49-33)41-21-29(23-48-22-27-16-14-15-17-32(27)42(44)45)37(40-38(41)43)50-52(46,47)36-30(25(4)5)18-28(24(2)3)19-31(36)26(6)7/h14-19,21,24-26,33-35H,13,20,22-23H2,1-12H3/t33-,34-,35-/m1/s1. The highest BCUT2D eigenvalue weighted by Crippen LogP contribution is 2.42. The maximum absolute atomic E-state index is 14.4. The number of nitro benzene ring substituents is 1. The lowest BCUT2D eigenvalue weighted by molar-refractivity contribution is -0.386. The lowest BCUT2D eigenvalue weighted by atomic mass is 9.89. The molecule has 3 aromatic rings. The van der Waals surface area contributed by atoms with E-state index in [-0.39, 0.29) is 64.4 Å². The monoisotopic (exact) mass is 771 g/mol. The molecule has 0 N–H and O–H groups in total. The van der Waals surface area contributed by atoms with E-state index in [4.69, 9.17) is 18.1 Å². The Bertz CT molecular complexity index is 1920. The van der Waals surface area contributed by atoms with Gasteiger partial charge < -0.3 is 18.1 Å². The maximum atomic E-state index is 14.4. The van der Waals surface area contributed by atoms with Gasteiger partial charge in [0.2, 0.25) is 5.88 Å². The summed E-state index contributed by atoms with van der Waals surface area (Å²) >= 11 is 0. The highest BCUT2D eigenvalue weighted by molar-refractivity contribution is 7.87. The minimum absolute atomic E-state index is 0.0371. The van der Waals surface area contributed by atoms with E-state index >= 15 is 0 Å². The first-order chi connectivity index (χ1) is 24.6. The zero-order valence-corrected chi connectivity index (χ0v) is 35.1. The summed E-state index contributed by atoms with van der Waals surface area (Å²) in [6, 6.07) is 10.0. The Kier molecular flexibility index (Phi) is 13.2. The lowest BCUT2D eigenvalue weighted by Gasteiger charge is -2.39. The van der Waals surface area contributed by atoms with E-state index < -0.39 is 41.2 Å². The van der Waals surface area contributed by atoms with Gasteiger partial charge in [0, 0.05) is 18.7 Å². The molecule has 1 saturated heterocycles. The van der Waals surface area contributed by atoms with Crippen molar-refractivity contribution in [3.05, 3.63) is 91.0 Å². The van der Waals surface area contributed by atoms with E-state index in [1.165, 1.54) is 16.8 Å². The average molecular weight is 772 g/mol. The molecule has 1 aliphatic heterocycles. The molecule has 0 spiro atoms. The first-order valence-electron chi connectivity index (χ1n) is 18.5. The maximum Gasteiger partial charge on any atom is 0.353 e. The van der Waals surface area contributed by atoms with Crippen molar-refractivity contribution in [3.8, 4) is 5.88 Å². The van der Waals surface area contributed by atoms with E-state index in [0.29, 0.717) is 29.5 Å². The normalized spacial score (nSPS) is 18.4. The highest BCUT2D eigenvalue weighted by Gasteiger charge is 2.45. The predicted octanol–water partition coefficient (Wildman–Crippen LogP) is 9.09. The van der Waals surface area contributed by atoms with E-state index in [2.05, 4.69) is 52.7 Å². The molecule has 1 aromatic heterocycles. The van der Waals surface area contributed by atoms with Gasteiger partial charge in [-0.25, -0.2) is 4.79 Å². The van der Waals surface area contributed by atoms with Crippen LogP contribution in [0.1, 0.15) is 134 Å². The molecule has 53 heavy (non-hydrogen) atoms. The second kappa shape index (κ2) is 16.5. The quantitative estimate of drug-likeness (QED) is 0.0634. The molecule has 12 nitrogen and oxygen atoms in total. The van der Waals surface area contributed by atoms with Gasteiger partial charge in [-0.15, -0.1) is 0 Å². The van der Waals surface area contributed by atoms with Gasteiger partial charge in [0.25, 0.3) is 5.69 Å². The highest BCUT2D eigenvalue weighted by atomic mass is 32.2. The molecule has 1 fully saturated rings. The van der Waals surface area contributed by atoms with Gasteiger partial charge in [-0.1, -0.05) is 93.5 Å². The fourth-order valence-corrected chi connectivity index (χ4v) is 9.15. The molecule has 1 aliphatic rings. The van der Waals surface area contributed by atoms with Crippen LogP contribution in [-0.4, -0.2) is 43.4 Å². The Labute approximate surface area is 315 Å². The molecule has 2 heterocycles. The summed E-state index contributed by atoms with van der Waals surface area (Å²) in [6.45, 7) is 24.2. The van der Waals surface area contributed by atoms with Crippen molar-refractivity contribution in [1.29, 1.82) is 0 Å². The average Bonchev–Trinajstić information content (AvgIpc) is 3.45. The Balaban J connectivity index is 1.79. The molecule has 0 bridgehead atoms. The Morgan fingerprint density at radius 3 is 2.11 bits per heavy atom. The third-order valence-electron chi connectivity index (χ3n) is 10.4. The molecular weight excluding hydrogens is 715 g/mol. The predicted molar refractivity (Wildman–Crippen MR) is 207 cm³/mol. The molecule has 0 saturated carbocycles. The molecule has 0 aliphatic carbocycles. The van der Waals surface area contributed by atoms with Crippen LogP contribution in [0, 0.1) is 10.1 Å². The fraction of sp³-hybridized carbons (Fsp3) is 0.590. The second-order valence-corrected chi connectivity index (χ2v) is 22.6. The molecule has 2 aromatic carbocycles. The van der Waals surface area contributed by atoms with Crippen molar-refractivity contribution in [2.45, 2.75) is 155 Å². The van der Waals surface area contributed by atoms with Crippen LogP contribution in [0.3, 0.4) is 0 Å². The minimum atomic E-state index is -4.53. The van der Waals surface area contributed by atoms with Crippen molar-refractivity contribution in [2.24, 2.45) is 0 Å². The summed E-state index contributed by atoms with van der Waals surface area (Å²) < 4.78 is 55.0. The largest absolute Gasteiger partial charge is 0.411 e. The number of aromatic nitrogens is 2. The van der Waals surface area contributed by atoms with Crippen molar-refractivity contribution in [1.82, 2.24) is 9.55 Å². The number of rotatable bonds is 15. The summed E-state index contributed by atoms with van der Waals surface area (Å²) in [6.07, 6.45) is 1.24. The molecule has 292 valence electrons. The smallest absolute Gasteiger partial charge is 0.353 e. The van der Waals surface area contributed by atoms with Crippen LogP contribution < -0.4 is 9.87 Å². The van der Waals surface area contributed by atoms with Crippen LogP contribution >= 0.6 is 0 Å². The number of para-hydroxylation sites is 1. The Morgan fingerprint density at radius 2 is 1.58 bits per heavy atom. The summed E-state index contributed by atoms with van der Waals surface area (Å²) in [5, 5.41) is 11.6. The first-order valence-corrected chi connectivity index (χ1v) is 22.8. The van der Waals surface area contributed by atoms with Crippen LogP contribution in [0.15, 0.2) is 52.3 Å². The van der Waals surface area contributed by atoms with Crippen LogP contribution in [0.5, 0.6) is 5.88 Å². The first kappa shape index (κ1) is 42.3. The van der Waals surface area contributed by atoms with Gasteiger partial charge in [-0.3, -0.25) is 14.7 Å². The molecule has 3 atom stereocenters. The van der Waals surface area contributed by atoms with Crippen LogP contribution in [0.2, 0.25) is 18.1 Å². The summed E-state index contributed by atoms with van der Waals surface area (Å²) in [5.41, 5.74) is 1.86. The zero-order valence-electron chi connectivity index (χ0n) is 33.3. The molecule has 4 rings (SSSR count). The second-order valence-electron chi connectivity index (χ2n) is 16.4. The van der Waals surface area contributed by atoms with Gasteiger partial charge in [-0.05, 0) is 65.1 Å². The van der Waals surface area contributed by atoms with E-state index in [9.17, 15) is 23.3 Å². The third kappa shape index (κ3) is 9.63. The van der Waals surface area contributed by atoms with Gasteiger partial charge in [0.05, 0.1) is 41.5 Å². The summed E-state index contributed by atoms with van der Waals surface area (Å²) in [4.78, 5) is 29.2.